The van der Waals surface area contributed by atoms with E-state index in [0.717, 1.165) is 30.6 Å². The standard InChI is InChI=1S/C19H28FNO2/c1-6-21(16-8-12(2)7-13(3)9-16)18-11-15(20)10-17(14(18)4)19(22)23-5/h10-13,16H,6-9H2,1-5H3/t12-,13-/m0/s1. The number of halogens is 1. The summed E-state index contributed by atoms with van der Waals surface area (Å²) in [5, 5.41) is 0. The molecule has 4 heteroatoms. The molecule has 0 aromatic heterocycles. The second-order valence-corrected chi connectivity index (χ2v) is 6.95. The fourth-order valence-electron chi connectivity index (χ4n) is 4.07. The third kappa shape index (κ3) is 3.85. The number of benzene rings is 1. The van der Waals surface area contributed by atoms with Crippen molar-refractivity contribution in [1.82, 2.24) is 0 Å². The van der Waals surface area contributed by atoms with Gasteiger partial charge < -0.3 is 9.64 Å². The van der Waals surface area contributed by atoms with Crippen LogP contribution in [0, 0.1) is 24.6 Å². The van der Waals surface area contributed by atoms with Crippen molar-refractivity contribution in [3.8, 4) is 0 Å². The predicted molar refractivity (Wildman–Crippen MR) is 91.5 cm³/mol. The fraction of sp³-hybridized carbons (Fsp3) is 0.632. The van der Waals surface area contributed by atoms with E-state index >= 15 is 0 Å². The molecule has 0 bridgehead atoms. The molecule has 1 aromatic rings. The summed E-state index contributed by atoms with van der Waals surface area (Å²) in [5.41, 5.74) is 1.93. The Kier molecular flexibility index (Phi) is 5.66. The smallest absolute Gasteiger partial charge is 0.338 e. The third-order valence-electron chi connectivity index (χ3n) is 4.99. The molecule has 2 atom stereocenters. The largest absolute Gasteiger partial charge is 0.465 e. The van der Waals surface area contributed by atoms with Gasteiger partial charge in [0.05, 0.1) is 12.7 Å². The Bertz CT molecular complexity index is 563. The zero-order valence-corrected chi connectivity index (χ0v) is 14.9. The molecular formula is C19H28FNO2. The summed E-state index contributed by atoms with van der Waals surface area (Å²) in [6, 6.07) is 3.21. The third-order valence-corrected chi connectivity index (χ3v) is 4.99. The highest BCUT2D eigenvalue weighted by Crippen LogP contribution is 2.36. The van der Waals surface area contributed by atoms with E-state index in [9.17, 15) is 9.18 Å². The molecule has 1 aliphatic rings. The summed E-state index contributed by atoms with van der Waals surface area (Å²) in [4.78, 5) is 14.2. The molecule has 1 fully saturated rings. The number of rotatable bonds is 4. The van der Waals surface area contributed by atoms with Crippen molar-refractivity contribution in [3.05, 3.63) is 29.1 Å². The van der Waals surface area contributed by atoms with Crippen molar-refractivity contribution in [2.45, 2.75) is 53.0 Å². The second kappa shape index (κ2) is 7.33. The monoisotopic (exact) mass is 321 g/mol. The Hall–Kier alpha value is -1.58. The highest BCUT2D eigenvalue weighted by atomic mass is 19.1. The first-order valence-electron chi connectivity index (χ1n) is 8.52. The van der Waals surface area contributed by atoms with E-state index in [1.54, 1.807) is 6.07 Å². The average Bonchev–Trinajstić information content (AvgIpc) is 2.49. The van der Waals surface area contributed by atoms with E-state index in [1.807, 2.05) is 6.92 Å². The molecule has 1 aromatic carbocycles. The molecule has 0 N–H and O–H groups in total. The van der Waals surface area contributed by atoms with Gasteiger partial charge in [0, 0.05) is 18.3 Å². The predicted octanol–water partition coefficient (Wildman–Crippen LogP) is 4.57. The molecule has 2 rings (SSSR count). The molecule has 3 nitrogen and oxygen atoms in total. The zero-order valence-electron chi connectivity index (χ0n) is 14.9. The summed E-state index contributed by atoms with van der Waals surface area (Å²) in [6.07, 6.45) is 3.48. The molecule has 1 saturated carbocycles. The van der Waals surface area contributed by atoms with Crippen molar-refractivity contribution in [2.24, 2.45) is 11.8 Å². The van der Waals surface area contributed by atoms with Gasteiger partial charge in [-0.15, -0.1) is 0 Å². The van der Waals surface area contributed by atoms with Crippen LogP contribution in [0.25, 0.3) is 0 Å². The van der Waals surface area contributed by atoms with Crippen LogP contribution in [-0.4, -0.2) is 25.7 Å². The van der Waals surface area contributed by atoms with Gasteiger partial charge in [0.25, 0.3) is 0 Å². The maximum atomic E-state index is 14.1. The lowest BCUT2D eigenvalue weighted by Gasteiger charge is -2.41. The van der Waals surface area contributed by atoms with Crippen molar-refractivity contribution < 1.29 is 13.9 Å². The molecule has 0 unspecified atom stereocenters. The number of carbonyl (C=O) groups is 1. The van der Waals surface area contributed by atoms with Crippen LogP contribution in [0.15, 0.2) is 12.1 Å². The minimum Gasteiger partial charge on any atom is -0.465 e. The lowest BCUT2D eigenvalue weighted by molar-refractivity contribution is 0.0599. The number of carbonyl (C=O) groups excluding carboxylic acids is 1. The quantitative estimate of drug-likeness (QED) is 0.761. The van der Waals surface area contributed by atoms with Gasteiger partial charge in [-0.05, 0) is 62.6 Å². The number of methoxy groups -OCH3 is 1. The molecule has 0 radical (unpaired) electrons. The maximum absolute atomic E-state index is 14.1. The van der Waals surface area contributed by atoms with Crippen LogP contribution < -0.4 is 4.90 Å². The van der Waals surface area contributed by atoms with Crippen LogP contribution in [0.1, 0.15) is 56.0 Å². The van der Waals surface area contributed by atoms with Crippen molar-refractivity contribution in [1.29, 1.82) is 0 Å². The van der Waals surface area contributed by atoms with Crippen LogP contribution in [0.4, 0.5) is 10.1 Å². The van der Waals surface area contributed by atoms with Gasteiger partial charge in [0.2, 0.25) is 0 Å². The first kappa shape index (κ1) is 17.8. The highest BCUT2D eigenvalue weighted by Gasteiger charge is 2.29. The van der Waals surface area contributed by atoms with E-state index in [-0.39, 0.29) is 5.82 Å². The summed E-state index contributed by atoms with van der Waals surface area (Å²) in [5.74, 6) is 0.476. The number of hydrogen-bond donors (Lipinski definition) is 0. The van der Waals surface area contributed by atoms with Crippen LogP contribution in [0.3, 0.4) is 0 Å². The average molecular weight is 321 g/mol. The lowest BCUT2D eigenvalue weighted by Crippen LogP contribution is -2.41. The Morgan fingerprint density at radius 3 is 2.39 bits per heavy atom. The molecule has 0 saturated heterocycles. The van der Waals surface area contributed by atoms with Crippen LogP contribution in [-0.2, 0) is 4.74 Å². The Morgan fingerprint density at radius 2 is 1.87 bits per heavy atom. The van der Waals surface area contributed by atoms with Gasteiger partial charge in [-0.1, -0.05) is 13.8 Å². The molecule has 23 heavy (non-hydrogen) atoms. The van der Waals surface area contributed by atoms with Gasteiger partial charge >= 0.3 is 5.97 Å². The highest BCUT2D eigenvalue weighted by molar-refractivity contribution is 5.92. The molecule has 0 aliphatic heterocycles. The molecule has 128 valence electrons. The summed E-state index contributed by atoms with van der Waals surface area (Å²) < 4.78 is 18.9. The zero-order chi connectivity index (χ0) is 17.1. The minimum atomic E-state index is -0.482. The fourth-order valence-corrected chi connectivity index (χ4v) is 4.07. The number of nitrogens with zero attached hydrogens (tertiary/aromatic N) is 1. The molecular weight excluding hydrogens is 293 g/mol. The van der Waals surface area contributed by atoms with E-state index in [2.05, 4.69) is 25.7 Å². The van der Waals surface area contributed by atoms with E-state index < -0.39 is 5.97 Å². The van der Waals surface area contributed by atoms with Gasteiger partial charge in [-0.25, -0.2) is 9.18 Å². The lowest BCUT2D eigenvalue weighted by atomic mass is 9.79. The van der Waals surface area contributed by atoms with Crippen molar-refractivity contribution >= 4 is 11.7 Å². The van der Waals surface area contributed by atoms with Crippen LogP contribution in [0.5, 0.6) is 0 Å². The Balaban J connectivity index is 2.41. The van der Waals surface area contributed by atoms with Crippen LogP contribution >= 0.6 is 0 Å². The van der Waals surface area contributed by atoms with Gasteiger partial charge in [0.1, 0.15) is 5.82 Å². The first-order chi connectivity index (χ1) is 10.9. The Morgan fingerprint density at radius 1 is 1.26 bits per heavy atom. The van der Waals surface area contributed by atoms with Gasteiger partial charge in [-0.3, -0.25) is 0 Å². The van der Waals surface area contributed by atoms with E-state index in [0.29, 0.717) is 23.4 Å². The SMILES string of the molecule is CCN(c1cc(F)cc(C(=O)OC)c1C)C1C[C@@H](C)C[C@H](C)C1. The second-order valence-electron chi connectivity index (χ2n) is 6.95. The van der Waals surface area contributed by atoms with Gasteiger partial charge in [-0.2, -0.15) is 0 Å². The number of esters is 1. The van der Waals surface area contributed by atoms with E-state index in [1.165, 1.54) is 19.6 Å². The first-order valence-corrected chi connectivity index (χ1v) is 8.52. The topological polar surface area (TPSA) is 29.5 Å². The van der Waals surface area contributed by atoms with Gasteiger partial charge in [0.15, 0.2) is 0 Å². The van der Waals surface area contributed by atoms with E-state index in [4.69, 9.17) is 4.74 Å². The maximum Gasteiger partial charge on any atom is 0.338 e. The normalized spacial score (nSPS) is 24.3. The van der Waals surface area contributed by atoms with Crippen LogP contribution in [0.2, 0.25) is 0 Å². The number of anilines is 1. The molecule has 1 aliphatic carbocycles. The summed E-state index contributed by atoms with van der Waals surface area (Å²) in [6.45, 7) is 9.34. The number of hydrogen-bond acceptors (Lipinski definition) is 3. The summed E-state index contributed by atoms with van der Waals surface area (Å²) >= 11 is 0. The number of ether oxygens (including phenoxy) is 1. The molecule has 0 spiro atoms. The van der Waals surface area contributed by atoms with Crippen molar-refractivity contribution in [2.75, 3.05) is 18.6 Å². The Labute approximate surface area is 138 Å². The summed E-state index contributed by atoms with van der Waals surface area (Å²) in [7, 11) is 1.33. The minimum absolute atomic E-state index is 0.317. The molecule has 0 heterocycles. The molecule has 0 amide bonds. The van der Waals surface area contributed by atoms with Crippen molar-refractivity contribution in [3.63, 3.8) is 0 Å².